The number of hydrogen-bond acceptors (Lipinski definition) is 3. The van der Waals surface area contributed by atoms with Crippen molar-refractivity contribution in [2.45, 2.75) is 46.7 Å². The summed E-state index contributed by atoms with van der Waals surface area (Å²) in [6, 6.07) is 24.8. The van der Waals surface area contributed by atoms with Crippen molar-refractivity contribution in [1.29, 1.82) is 0 Å². The van der Waals surface area contributed by atoms with E-state index in [1.54, 1.807) is 4.90 Å². The highest BCUT2D eigenvalue weighted by Crippen LogP contribution is 2.17. The number of benzene rings is 3. The average molecular weight is 473 g/mol. The molecule has 0 aromatic heterocycles. The van der Waals surface area contributed by atoms with E-state index in [1.165, 1.54) is 0 Å². The van der Waals surface area contributed by atoms with Crippen molar-refractivity contribution >= 4 is 11.8 Å². The normalized spacial score (nSPS) is 11.7. The molecule has 0 aliphatic rings. The number of rotatable bonds is 11. The summed E-state index contributed by atoms with van der Waals surface area (Å²) in [5, 5.41) is 3.04. The number of nitrogens with one attached hydrogen (secondary N) is 1. The molecule has 0 aliphatic carbocycles. The zero-order valence-electron chi connectivity index (χ0n) is 21.2. The van der Waals surface area contributed by atoms with Crippen molar-refractivity contribution in [2.75, 3.05) is 13.2 Å². The van der Waals surface area contributed by atoms with Crippen molar-refractivity contribution in [3.05, 3.63) is 101 Å². The first-order valence-corrected chi connectivity index (χ1v) is 12.2. The number of aryl methyl sites for hydroxylation is 2. The molecule has 1 N–H and O–H groups in total. The molecule has 1 unspecified atom stereocenters. The van der Waals surface area contributed by atoms with E-state index in [-0.39, 0.29) is 18.4 Å². The lowest BCUT2D eigenvalue weighted by Gasteiger charge is -2.32. The lowest BCUT2D eigenvalue weighted by molar-refractivity contribution is -0.142. The monoisotopic (exact) mass is 472 g/mol. The number of carbonyl (C=O) groups excluding carboxylic acids is 2. The molecule has 0 spiro atoms. The third kappa shape index (κ3) is 8.29. The highest BCUT2D eigenvalue weighted by atomic mass is 16.5. The second kappa shape index (κ2) is 12.7. The molecule has 5 nitrogen and oxygen atoms in total. The summed E-state index contributed by atoms with van der Waals surface area (Å²) in [4.78, 5) is 28.7. The van der Waals surface area contributed by atoms with Crippen molar-refractivity contribution in [2.24, 2.45) is 5.92 Å². The predicted molar refractivity (Wildman–Crippen MR) is 140 cm³/mol. The fourth-order valence-electron chi connectivity index (χ4n) is 3.92. The Balaban J connectivity index is 1.90. The molecule has 0 saturated heterocycles. The Bertz CT molecular complexity index is 1110. The van der Waals surface area contributed by atoms with Gasteiger partial charge in [0, 0.05) is 19.5 Å². The van der Waals surface area contributed by atoms with Crippen LogP contribution in [0.25, 0.3) is 0 Å². The van der Waals surface area contributed by atoms with Crippen LogP contribution in [0.5, 0.6) is 5.75 Å². The summed E-state index contributed by atoms with van der Waals surface area (Å²) in [6.45, 7) is 8.84. The minimum atomic E-state index is -0.662. The first kappa shape index (κ1) is 26.0. The minimum absolute atomic E-state index is 0.141. The molecule has 0 aliphatic heterocycles. The lowest BCUT2D eigenvalue weighted by Crippen LogP contribution is -2.52. The average Bonchev–Trinajstić information content (AvgIpc) is 2.84. The van der Waals surface area contributed by atoms with E-state index >= 15 is 0 Å². The van der Waals surface area contributed by atoms with Gasteiger partial charge in [0.15, 0.2) is 6.61 Å². The minimum Gasteiger partial charge on any atom is -0.484 e. The van der Waals surface area contributed by atoms with Gasteiger partial charge in [-0.25, -0.2) is 0 Å². The van der Waals surface area contributed by atoms with E-state index in [4.69, 9.17) is 4.74 Å². The summed E-state index contributed by atoms with van der Waals surface area (Å²) in [7, 11) is 0. The smallest absolute Gasteiger partial charge is 0.261 e. The van der Waals surface area contributed by atoms with Gasteiger partial charge in [-0.1, -0.05) is 86.1 Å². The second-order valence-electron chi connectivity index (χ2n) is 9.46. The molecule has 3 aromatic carbocycles. The molecule has 35 heavy (non-hydrogen) atoms. The van der Waals surface area contributed by atoms with Crippen LogP contribution >= 0.6 is 0 Å². The Labute approximate surface area is 209 Å². The van der Waals surface area contributed by atoms with Crippen molar-refractivity contribution < 1.29 is 14.3 Å². The summed E-state index contributed by atoms with van der Waals surface area (Å²) < 4.78 is 5.85. The Morgan fingerprint density at radius 1 is 0.857 bits per heavy atom. The SMILES string of the molecule is Cc1cccc(CN(C(=O)COc2cccc(C)c2)C(Cc2ccccc2)C(=O)NCC(C)C)c1. The van der Waals surface area contributed by atoms with Crippen LogP contribution in [0.2, 0.25) is 0 Å². The summed E-state index contributed by atoms with van der Waals surface area (Å²) in [6.07, 6.45) is 0.423. The quantitative estimate of drug-likeness (QED) is 0.423. The highest BCUT2D eigenvalue weighted by Gasteiger charge is 2.30. The molecule has 0 bridgehead atoms. The van der Waals surface area contributed by atoms with E-state index < -0.39 is 6.04 Å². The van der Waals surface area contributed by atoms with Gasteiger partial charge < -0.3 is 15.0 Å². The molecule has 3 aromatic rings. The Kier molecular flexibility index (Phi) is 9.47. The summed E-state index contributed by atoms with van der Waals surface area (Å²) in [5.74, 6) is 0.562. The number of amides is 2. The zero-order valence-corrected chi connectivity index (χ0v) is 21.2. The van der Waals surface area contributed by atoms with E-state index in [0.29, 0.717) is 31.2 Å². The van der Waals surface area contributed by atoms with Gasteiger partial charge in [-0.2, -0.15) is 0 Å². The third-order valence-corrected chi connectivity index (χ3v) is 5.74. The summed E-state index contributed by atoms with van der Waals surface area (Å²) in [5.41, 5.74) is 4.14. The highest BCUT2D eigenvalue weighted by molar-refractivity contribution is 5.88. The fourth-order valence-corrected chi connectivity index (χ4v) is 3.92. The molecule has 0 saturated carbocycles. The Hall–Kier alpha value is -3.60. The van der Waals surface area contributed by atoms with Crippen LogP contribution in [0, 0.1) is 19.8 Å². The maximum Gasteiger partial charge on any atom is 0.261 e. The van der Waals surface area contributed by atoms with Crippen LogP contribution in [-0.2, 0) is 22.6 Å². The molecule has 1 atom stereocenters. The topological polar surface area (TPSA) is 58.6 Å². The van der Waals surface area contributed by atoms with Crippen molar-refractivity contribution in [3.63, 3.8) is 0 Å². The van der Waals surface area contributed by atoms with Crippen LogP contribution in [0.15, 0.2) is 78.9 Å². The molecular formula is C30H36N2O3. The molecule has 0 heterocycles. The van der Waals surface area contributed by atoms with Gasteiger partial charge in [0.1, 0.15) is 11.8 Å². The van der Waals surface area contributed by atoms with Crippen LogP contribution in [-0.4, -0.2) is 35.9 Å². The largest absolute Gasteiger partial charge is 0.484 e. The van der Waals surface area contributed by atoms with E-state index in [1.807, 2.05) is 92.7 Å². The first-order chi connectivity index (χ1) is 16.8. The molecule has 0 radical (unpaired) electrons. The van der Waals surface area contributed by atoms with E-state index in [0.717, 1.165) is 22.3 Å². The van der Waals surface area contributed by atoms with Crippen LogP contribution in [0.3, 0.4) is 0 Å². The predicted octanol–water partition coefficient (Wildman–Crippen LogP) is 5.09. The molecule has 0 fully saturated rings. The third-order valence-electron chi connectivity index (χ3n) is 5.74. The van der Waals surface area contributed by atoms with Crippen LogP contribution in [0.4, 0.5) is 0 Å². The Morgan fingerprint density at radius 3 is 2.17 bits per heavy atom. The lowest BCUT2D eigenvalue weighted by atomic mass is 10.0. The van der Waals surface area contributed by atoms with Crippen molar-refractivity contribution in [1.82, 2.24) is 10.2 Å². The van der Waals surface area contributed by atoms with E-state index in [2.05, 4.69) is 19.2 Å². The van der Waals surface area contributed by atoms with Gasteiger partial charge in [0.25, 0.3) is 5.91 Å². The number of hydrogen-bond donors (Lipinski definition) is 1. The molecular weight excluding hydrogens is 436 g/mol. The summed E-state index contributed by atoms with van der Waals surface area (Å²) >= 11 is 0. The molecule has 2 amide bonds. The Morgan fingerprint density at radius 2 is 1.51 bits per heavy atom. The number of ether oxygens (including phenoxy) is 1. The first-order valence-electron chi connectivity index (χ1n) is 12.2. The maximum absolute atomic E-state index is 13.6. The van der Waals surface area contributed by atoms with Gasteiger partial charge in [-0.15, -0.1) is 0 Å². The van der Waals surface area contributed by atoms with Gasteiger partial charge in [-0.3, -0.25) is 9.59 Å². The van der Waals surface area contributed by atoms with Crippen molar-refractivity contribution in [3.8, 4) is 5.75 Å². The number of carbonyl (C=O) groups is 2. The molecule has 5 heteroatoms. The van der Waals surface area contributed by atoms with Crippen LogP contribution < -0.4 is 10.1 Å². The molecule has 3 rings (SSSR count). The van der Waals surface area contributed by atoms with Gasteiger partial charge >= 0.3 is 0 Å². The molecule has 184 valence electrons. The fraction of sp³-hybridized carbons (Fsp3) is 0.333. The van der Waals surface area contributed by atoms with Crippen LogP contribution in [0.1, 0.15) is 36.1 Å². The van der Waals surface area contributed by atoms with Gasteiger partial charge in [0.05, 0.1) is 0 Å². The number of nitrogens with zero attached hydrogens (tertiary/aromatic N) is 1. The second-order valence-corrected chi connectivity index (χ2v) is 9.46. The standard InChI is InChI=1S/C30H36N2O3/c1-22(2)19-31-30(34)28(18-25-12-6-5-7-13-25)32(20-26-14-8-10-23(3)16-26)29(33)21-35-27-15-9-11-24(4)17-27/h5-17,22,28H,18-21H2,1-4H3,(H,31,34). The van der Waals surface area contributed by atoms with Gasteiger partial charge in [-0.05, 0) is 48.6 Å². The van der Waals surface area contributed by atoms with Gasteiger partial charge in [0.2, 0.25) is 5.91 Å². The van der Waals surface area contributed by atoms with E-state index in [9.17, 15) is 9.59 Å². The maximum atomic E-state index is 13.6. The zero-order chi connectivity index (χ0) is 25.2.